The molecule has 2 rings (SSSR count). The van der Waals surface area contributed by atoms with Crippen LogP contribution in [0, 0.1) is 11.3 Å². The van der Waals surface area contributed by atoms with E-state index < -0.39 is 0 Å². The van der Waals surface area contributed by atoms with E-state index in [1.54, 1.807) is 0 Å². The van der Waals surface area contributed by atoms with Crippen LogP contribution in [0.1, 0.15) is 24.8 Å². The molecule has 0 atom stereocenters. The topological polar surface area (TPSA) is 83.8 Å². The summed E-state index contributed by atoms with van der Waals surface area (Å²) >= 11 is 0. The number of amides is 1. The van der Waals surface area contributed by atoms with E-state index in [9.17, 15) is 4.79 Å². The molecule has 5 heteroatoms. The number of aromatic nitrogens is 1. The molecule has 0 saturated carbocycles. The van der Waals surface area contributed by atoms with Gasteiger partial charge in [0.05, 0.1) is 11.6 Å². The number of fused-ring (bicyclic) bond motifs is 1. The number of nitriles is 1. The molecule has 5 nitrogen and oxygen atoms in total. The van der Waals surface area contributed by atoms with Crippen molar-refractivity contribution in [3.8, 4) is 6.07 Å². The molecular weight excluding hydrogens is 240 g/mol. The molecule has 98 valence electrons. The molecule has 0 bridgehead atoms. The highest BCUT2D eigenvalue weighted by molar-refractivity contribution is 5.85. The predicted octanol–water partition coefficient (Wildman–Crippen LogP) is 1.67. The smallest absolute Gasteiger partial charge is 0.233 e. The van der Waals surface area contributed by atoms with Gasteiger partial charge in [-0.1, -0.05) is 6.07 Å². The molecule has 0 aliphatic heterocycles. The second-order valence-electron chi connectivity index (χ2n) is 4.38. The average Bonchev–Trinajstić information content (AvgIpc) is 2.86. The zero-order chi connectivity index (χ0) is 13.7. The molecule has 0 aliphatic rings. The van der Waals surface area contributed by atoms with Crippen LogP contribution in [0.2, 0.25) is 0 Å². The van der Waals surface area contributed by atoms with E-state index in [-0.39, 0.29) is 5.91 Å². The summed E-state index contributed by atoms with van der Waals surface area (Å²) in [6.07, 6.45) is 4.11. The fourth-order valence-corrected chi connectivity index (χ4v) is 2.16. The Morgan fingerprint density at radius 1 is 1.37 bits per heavy atom. The summed E-state index contributed by atoms with van der Waals surface area (Å²) in [7, 11) is 0. The molecule has 19 heavy (non-hydrogen) atoms. The van der Waals surface area contributed by atoms with Gasteiger partial charge in [0.1, 0.15) is 0 Å². The highest BCUT2D eigenvalue weighted by Crippen LogP contribution is 2.20. The van der Waals surface area contributed by atoms with Gasteiger partial charge < -0.3 is 4.57 Å². The lowest BCUT2D eigenvalue weighted by Gasteiger charge is -2.05. The number of nitrogens with one attached hydrogen (secondary N) is 1. The molecule has 1 heterocycles. The third kappa shape index (κ3) is 2.92. The molecule has 2 aromatic rings. The number of aryl methyl sites for hydroxylation is 1. The molecule has 1 aromatic heterocycles. The number of hydrogen-bond acceptors (Lipinski definition) is 3. The van der Waals surface area contributed by atoms with Crippen molar-refractivity contribution in [1.29, 1.82) is 5.26 Å². The maximum Gasteiger partial charge on any atom is 0.233 e. The number of unbranched alkanes of at least 4 members (excludes halogenated alkanes) is 1. The van der Waals surface area contributed by atoms with Gasteiger partial charge in [0.25, 0.3) is 0 Å². The molecule has 0 aliphatic carbocycles. The minimum Gasteiger partial charge on any atom is -0.347 e. The summed E-state index contributed by atoms with van der Waals surface area (Å²) in [6.45, 7) is 0.830. The van der Waals surface area contributed by atoms with E-state index >= 15 is 0 Å². The lowest BCUT2D eigenvalue weighted by atomic mass is 10.1. The summed E-state index contributed by atoms with van der Waals surface area (Å²) in [5.74, 6) is 4.88. The number of carbonyl (C=O) groups is 1. The van der Waals surface area contributed by atoms with Crippen LogP contribution in [0.4, 0.5) is 0 Å². The van der Waals surface area contributed by atoms with Gasteiger partial charge in [0.15, 0.2) is 0 Å². The second kappa shape index (κ2) is 6.03. The monoisotopic (exact) mass is 256 g/mol. The Balaban J connectivity index is 2.02. The highest BCUT2D eigenvalue weighted by Gasteiger charge is 2.05. The molecule has 3 N–H and O–H groups in total. The van der Waals surface area contributed by atoms with Crippen LogP contribution in [0.15, 0.2) is 30.5 Å². The lowest BCUT2D eigenvalue weighted by molar-refractivity contribution is -0.121. The third-order valence-electron chi connectivity index (χ3n) is 3.15. The Morgan fingerprint density at radius 2 is 2.21 bits per heavy atom. The Hall–Kier alpha value is -2.32. The minimum absolute atomic E-state index is 0.135. The molecule has 0 unspecified atom stereocenters. The molecule has 1 aromatic carbocycles. The average molecular weight is 256 g/mol. The zero-order valence-electron chi connectivity index (χ0n) is 10.6. The van der Waals surface area contributed by atoms with Gasteiger partial charge in [0.2, 0.25) is 5.91 Å². The zero-order valence-corrected chi connectivity index (χ0v) is 10.6. The SMILES string of the molecule is N#Cc1cccc2c1ccn2CCCCC(=O)NN. The standard InChI is InChI=1S/C14H16N4O/c15-10-11-4-3-5-13-12(11)7-9-18(13)8-2-1-6-14(19)17-16/h3-5,7,9H,1-2,6,8,16H2,(H,17,19). The van der Waals surface area contributed by atoms with E-state index in [1.165, 1.54) is 0 Å². The summed E-state index contributed by atoms with van der Waals surface area (Å²) in [5, 5.41) is 10.0. The van der Waals surface area contributed by atoms with Crippen LogP contribution in [0.5, 0.6) is 0 Å². The van der Waals surface area contributed by atoms with Crippen molar-refractivity contribution >= 4 is 16.8 Å². The normalized spacial score (nSPS) is 10.3. The maximum absolute atomic E-state index is 11.0. The van der Waals surface area contributed by atoms with Crippen molar-refractivity contribution in [2.24, 2.45) is 5.84 Å². The van der Waals surface area contributed by atoms with Crippen LogP contribution >= 0.6 is 0 Å². The van der Waals surface area contributed by atoms with E-state index in [1.807, 2.05) is 30.5 Å². The number of hydrazine groups is 1. The number of nitrogens with two attached hydrogens (primary N) is 1. The van der Waals surface area contributed by atoms with Gasteiger partial charge in [-0.25, -0.2) is 5.84 Å². The first-order valence-electron chi connectivity index (χ1n) is 6.23. The van der Waals surface area contributed by atoms with Gasteiger partial charge in [-0.3, -0.25) is 10.2 Å². The van der Waals surface area contributed by atoms with Crippen molar-refractivity contribution < 1.29 is 4.79 Å². The molecule has 0 fully saturated rings. The number of hydrogen-bond donors (Lipinski definition) is 2. The fraction of sp³-hybridized carbons (Fsp3) is 0.286. The molecule has 1 amide bonds. The summed E-state index contributed by atoms with van der Waals surface area (Å²) in [4.78, 5) is 11.0. The van der Waals surface area contributed by atoms with Crippen LogP contribution in [-0.4, -0.2) is 10.5 Å². The predicted molar refractivity (Wildman–Crippen MR) is 72.8 cm³/mol. The first-order chi connectivity index (χ1) is 9.26. The van der Waals surface area contributed by atoms with E-state index in [4.69, 9.17) is 11.1 Å². The maximum atomic E-state index is 11.0. The Morgan fingerprint density at radius 3 is 2.95 bits per heavy atom. The van der Waals surface area contributed by atoms with Gasteiger partial charge in [-0.05, 0) is 31.0 Å². The quantitative estimate of drug-likeness (QED) is 0.369. The van der Waals surface area contributed by atoms with Crippen molar-refractivity contribution in [2.75, 3.05) is 0 Å². The van der Waals surface area contributed by atoms with Crippen LogP contribution in [0.3, 0.4) is 0 Å². The van der Waals surface area contributed by atoms with Crippen LogP contribution in [0.25, 0.3) is 10.9 Å². The molecule has 0 saturated heterocycles. The molecule has 0 radical (unpaired) electrons. The summed E-state index contributed by atoms with van der Waals surface area (Å²) in [5.41, 5.74) is 3.87. The van der Waals surface area contributed by atoms with Crippen LogP contribution in [-0.2, 0) is 11.3 Å². The van der Waals surface area contributed by atoms with E-state index in [0.717, 1.165) is 30.3 Å². The number of nitrogens with zero attached hydrogens (tertiary/aromatic N) is 2. The number of benzene rings is 1. The van der Waals surface area contributed by atoms with E-state index in [2.05, 4.69) is 16.1 Å². The van der Waals surface area contributed by atoms with Crippen LogP contribution < -0.4 is 11.3 Å². The van der Waals surface area contributed by atoms with Gasteiger partial charge in [-0.2, -0.15) is 5.26 Å². The van der Waals surface area contributed by atoms with Gasteiger partial charge >= 0.3 is 0 Å². The number of carbonyl (C=O) groups excluding carboxylic acids is 1. The third-order valence-corrected chi connectivity index (χ3v) is 3.15. The summed E-state index contributed by atoms with van der Waals surface area (Å²) < 4.78 is 2.11. The van der Waals surface area contributed by atoms with Gasteiger partial charge in [-0.15, -0.1) is 0 Å². The Kier molecular flexibility index (Phi) is 4.16. The Bertz CT molecular complexity index is 624. The lowest BCUT2D eigenvalue weighted by Crippen LogP contribution is -2.29. The Labute approximate surface area is 111 Å². The number of rotatable bonds is 5. The van der Waals surface area contributed by atoms with E-state index in [0.29, 0.717) is 12.0 Å². The highest BCUT2D eigenvalue weighted by atomic mass is 16.2. The summed E-state index contributed by atoms with van der Waals surface area (Å²) in [6, 6.07) is 9.86. The molecule has 0 spiro atoms. The largest absolute Gasteiger partial charge is 0.347 e. The van der Waals surface area contributed by atoms with Gasteiger partial charge in [0, 0.05) is 30.1 Å². The first kappa shape index (κ1) is 13.1. The molecular formula is C14H16N4O. The fourth-order valence-electron chi connectivity index (χ4n) is 2.16. The van der Waals surface area contributed by atoms with Crippen molar-refractivity contribution in [1.82, 2.24) is 9.99 Å². The van der Waals surface area contributed by atoms with Crippen molar-refractivity contribution in [2.45, 2.75) is 25.8 Å². The van der Waals surface area contributed by atoms with Crippen molar-refractivity contribution in [3.63, 3.8) is 0 Å². The first-order valence-corrected chi connectivity index (χ1v) is 6.23. The second-order valence-corrected chi connectivity index (χ2v) is 4.38. The minimum atomic E-state index is -0.135. The van der Waals surface area contributed by atoms with Crippen molar-refractivity contribution in [3.05, 3.63) is 36.0 Å².